The molecule has 0 saturated heterocycles. The van der Waals surface area contributed by atoms with E-state index in [2.05, 4.69) is 11.4 Å². The molecule has 2 aliphatic carbocycles. The molecule has 4 nitrogen and oxygen atoms in total. The zero-order valence-electron chi connectivity index (χ0n) is 10.8. The summed E-state index contributed by atoms with van der Waals surface area (Å²) in [5, 5.41) is 11.8. The Bertz CT molecular complexity index is 548. The van der Waals surface area contributed by atoms with E-state index in [0.29, 0.717) is 12.8 Å². The molecule has 4 heteroatoms. The number of carboxylic acids is 1. The van der Waals surface area contributed by atoms with Gasteiger partial charge in [-0.2, -0.15) is 0 Å². The second-order valence-electron chi connectivity index (χ2n) is 5.68. The number of aliphatic carboxylic acids is 1. The molecule has 0 aliphatic heterocycles. The highest BCUT2D eigenvalue weighted by Gasteiger charge is 2.54. The minimum atomic E-state index is -0.962. The topological polar surface area (TPSA) is 66.4 Å². The lowest BCUT2D eigenvalue weighted by Crippen LogP contribution is -2.43. The minimum absolute atomic E-state index is 0.0575. The van der Waals surface area contributed by atoms with Crippen LogP contribution in [0, 0.1) is 12.8 Å². The van der Waals surface area contributed by atoms with Crippen molar-refractivity contribution in [3.05, 3.63) is 35.4 Å². The molecule has 0 radical (unpaired) electrons. The standard InChI is InChI=1S/C15H17NO3/c1-9-4-2-3-5-10(9)11-8-12(11)13(17)16-15(6-7-15)14(18)19/h2-5,11-12H,6-8H2,1H3,(H,16,17)(H,18,19). The van der Waals surface area contributed by atoms with Gasteiger partial charge in [-0.1, -0.05) is 24.3 Å². The van der Waals surface area contributed by atoms with Gasteiger partial charge in [0.2, 0.25) is 5.91 Å². The Kier molecular flexibility index (Phi) is 2.62. The number of nitrogens with one attached hydrogen (secondary N) is 1. The first kappa shape index (κ1) is 12.2. The van der Waals surface area contributed by atoms with Gasteiger partial charge in [0.1, 0.15) is 5.54 Å². The number of hydrogen-bond donors (Lipinski definition) is 2. The summed E-state index contributed by atoms with van der Waals surface area (Å²) in [4.78, 5) is 23.1. The van der Waals surface area contributed by atoms with E-state index in [-0.39, 0.29) is 17.7 Å². The monoisotopic (exact) mass is 259 g/mol. The molecule has 2 atom stereocenters. The fourth-order valence-corrected chi connectivity index (χ4v) is 2.68. The Labute approximate surface area is 111 Å². The predicted octanol–water partition coefficient (Wildman–Crippen LogP) is 1.83. The largest absolute Gasteiger partial charge is 0.480 e. The van der Waals surface area contributed by atoms with Crippen LogP contribution in [-0.2, 0) is 9.59 Å². The second kappa shape index (κ2) is 4.08. The fraction of sp³-hybridized carbons (Fsp3) is 0.467. The summed E-state index contributed by atoms with van der Waals surface area (Å²) in [6.07, 6.45) is 1.93. The van der Waals surface area contributed by atoms with Gasteiger partial charge in [0.05, 0.1) is 0 Å². The van der Waals surface area contributed by atoms with Gasteiger partial charge in [0.15, 0.2) is 0 Å². The van der Waals surface area contributed by atoms with Crippen LogP contribution in [0.4, 0.5) is 0 Å². The van der Waals surface area contributed by atoms with E-state index >= 15 is 0 Å². The third kappa shape index (κ3) is 2.11. The van der Waals surface area contributed by atoms with Crippen molar-refractivity contribution in [3.63, 3.8) is 0 Å². The zero-order valence-corrected chi connectivity index (χ0v) is 10.8. The lowest BCUT2D eigenvalue weighted by atomic mass is 10.0. The van der Waals surface area contributed by atoms with Gasteiger partial charge in [-0.15, -0.1) is 0 Å². The molecule has 1 aromatic carbocycles. The Balaban J connectivity index is 1.66. The number of benzene rings is 1. The van der Waals surface area contributed by atoms with Crippen LogP contribution in [0.15, 0.2) is 24.3 Å². The summed E-state index contributed by atoms with van der Waals surface area (Å²) in [6.45, 7) is 2.04. The van der Waals surface area contributed by atoms with Crippen molar-refractivity contribution in [2.24, 2.45) is 5.92 Å². The Hall–Kier alpha value is -1.84. The van der Waals surface area contributed by atoms with Gasteiger partial charge < -0.3 is 10.4 Å². The van der Waals surface area contributed by atoms with Gasteiger partial charge in [-0.25, -0.2) is 4.79 Å². The highest BCUT2D eigenvalue weighted by molar-refractivity contribution is 5.92. The van der Waals surface area contributed by atoms with Crippen molar-refractivity contribution >= 4 is 11.9 Å². The van der Waals surface area contributed by atoms with Crippen molar-refractivity contribution in [1.82, 2.24) is 5.32 Å². The summed E-state index contributed by atoms with van der Waals surface area (Å²) in [5.74, 6) is -0.814. The number of rotatable bonds is 4. The number of carbonyl (C=O) groups excluding carboxylic acids is 1. The van der Waals surface area contributed by atoms with E-state index in [9.17, 15) is 9.59 Å². The average molecular weight is 259 g/mol. The molecule has 2 N–H and O–H groups in total. The number of carbonyl (C=O) groups is 2. The molecule has 2 unspecified atom stereocenters. The fourth-order valence-electron chi connectivity index (χ4n) is 2.68. The second-order valence-corrected chi connectivity index (χ2v) is 5.68. The minimum Gasteiger partial charge on any atom is -0.480 e. The van der Waals surface area contributed by atoms with Crippen LogP contribution in [0.3, 0.4) is 0 Å². The number of hydrogen-bond acceptors (Lipinski definition) is 2. The molecular formula is C15H17NO3. The molecule has 19 heavy (non-hydrogen) atoms. The van der Waals surface area contributed by atoms with Crippen LogP contribution in [0.25, 0.3) is 0 Å². The van der Waals surface area contributed by atoms with E-state index in [4.69, 9.17) is 5.11 Å². The first-order valence-corrected chi connectivity index (χ1v) is 6.64. The van der Waals surface area contributed by atoms with Crippen LogP contribution >= 0.6 is 0 Å². The van der Waals surface area contributed by atoms with Crippen molar-refractivity contribution in [2.45, 2.75) is 37.6 Å². The summed E-state index contributed by atoms with van der Waals surface area (Å²) in [5.41, 5.74) is 1.45. The van der Waals surface area contributed by atoms with Crippen LogP contribution in [0.5, 0.6) is 0 Å². The molecule has 2 saturated carbocycles. The molecule has 0 spiro atoms. The molecule has 100 valence electrons. The third-order valence-corrected chi connectivity index (χ3v) is 4.24. The van der Waals surface area contributed by atoms with Gasteiger partial charge in [-0.05, 0) is 43.2 Å². The quantitative estimate of drug-likeness (QED) is 0.867. The van der Waals surface area contributed by atoms with Crippen molar-refractivity contribution in [2.75, 3.05) is 0 Å². The SMILES string of the molecule is Cc1ccccc1C1CC1C(=O)NC1(C(=O)O)CC1. The maximum absolute atomic E-state index is 12.1. The molecule has 3 rings (SSSR count). The van der Waals surface area contributed by atoms with Gasteiger partial charge >= 0.3 is 5.97 Å². The van der Waals surface area contributed by atoms with Crippen molar-refractivity contribution < 1.29 is 14.7 Å². The lowest BCUT2D eigenvalue weighted by Gasteiger charge is -2.12. The summed E-state index contributed by atoms with van der Waals surface area (Å²) < 4.78 is 0. The molecule has 1 amide bonds. The van der Waals surface area contributed by atoms with Gasteiger partial charge in [0.25, 0.3) is 0 Å². The summed E-state index contributed by atoms with van der Waals surface area (Å²) in [7, 11) is 0. The van der Waals surface area contributed by atoms with Crippen LogP contribution in [-0.4, -0.2) is 22.5 Å². The Morgan fingerprint density at radius 2 is 2.00 bits per heavy atom. The molecule has 2 aliphatic rings. The van der Waals surface area contributed by atoms with Gasteiger partial charge in [0, 0.05) is 5.92 Å². The maximum atomic E-state index is 12.1. The molecule has 1 aromatic rings. The predicted molar refractivity (Wildman–Crippen MR) is 69.8 cm³/mol. The number of aryl methyl sites for hydroxylation is 1. The molecule has 0 bridgehead atoms. The first-order chi connectivity index (χ1) is 9.03. The zero-order chi connectivity index (χ0) is 13.6. The number of carboxylic acid groups (broad SMARTS) is 1. The van der Waals surface area contributed by atoms with Crippen molar-refractivity contribution in [3.8, 4) is 0 Å². The summed E-state index contributed by atoms with van der Waals surface area (Å²) in [6, 6.07) is 8.06. The van der Waals surface area contributed by atoms with E-state index in [1.54, 1.807) is 0 Å². The highest BCUT2D eigenvalue weighted by Crippen LogP contribution is 2.49. The van der Waals surface area contributed by atoms with E-state index in [1.165, 1.54) is 11.1 Å². The summed E-state index contributed by atoms with van der Waals surface area (Å²) >= 11 is 0. The normalized spacial score (nSPS) is 26.6. The van der Waals surface area contributed by atoms with Crippen LogP contribution in [0.2, 0.25) is 0 Å². The highest BCUT2D eigenvalue weighted by atomic mass is 16.4. The number of amides is 1. The van der Waals surface area contributed by atoms with Gasteiger partial charge in [-0.3, -0.25) is 4.79 Å². The molecule has 2 fully saturated rings. The van der Waals surface area contributed by atoms with Crippen LogP contribution < -0.4 is 5.32 Å². The molecular weight excluding hydrogens is 242 g/mol. The van der Waals surface area contributed by atoms with Crippen molar-refractivity contribution in [1.29, 1.82) is 0 Å². The first-order valence-electron chi connectivity index (χ1n) is 6.64. The van der Waals surface area contributed by atoms with E-state index < -0.39 is 11.5 Å². The lowest BCUT2D eigenvalue weighted by molar-refractivity contribution is -0.143. The molecule has 0 aromatic heterocycles. The molecule has 0 heterocycles. The van der Waals surface area contributed by atoms with E-state index in [1.807, 2.05) is 25.1 Å². The van der Waals surface area contributed by atoms with E-state index in [0.717, 1.165) is 6.42 Å². The third-order valence-electron chi connectivity index (χ3n) is 4.24. The maximum Gasteiger partial charge on any atom is 0.329 e. The Morgan fingerprint density at radius 3 is 2.58 bits per heavy atom. The average Bonchev–Trinajstić information content (AvgIpc) is 3.23. The Morgan fingerprint density at radius 1 is 1.32 bits per heavy atom. The smallest absolute Gasteiger partial charge is 0.329 e. The van der Waals surface area contributed by atoms with Crippen LogP contribution in [0.1, 0.15) is 36.3 Å².